The van der Waals surface area contributed by atoms with Gasteiger partial charge in [0.2, 0.25) is 5.91 Å². The first-order valence-corrected chi connectivity index (χ1v) is 12.3. The number of pyridine rings is 1. The first-order valence-electron chi connectivity index (χ1n) is 11.5. The fraction of sp³-hybridized carbons (Fsp3) is 0.308. The number of carbonyl (C=O) groups is 1. The summed E-state index contributed by atoms with van der Waals surface area (Å²) in [6.45, 7) is 2.07. The van der Waals surface area contributed by atoms with E-state index in [1.807, 2.05) is 24.4 Å². The summed E-state index contributed by atoms with van der Waals surface area (Å²) >= 11 is 1.51. The molecule has 0 saturated heterocycles. The van der Waals surface area contributed by atoms with Crippen LogP contribution in [0.4, 0.5) is 4.39 Å². The van der Waals surface area contributed by atoms with Crippen LogP contribution < -0.4 is 0 Å². The van der Waals surface area contributed by atoms with Crippen LogP contribution in [0.2, 0.25) is 0 Å². The minimum Gasteiger partial charge on any atom is -0.348 e. The Morgan fingerprint density at radius 2 is 2.00 bits per heavy atom. The number of hydrogen-bond donors (Lipinski definition) is 0. The summed E-state index contributed by atoms with van der Waals surface area (Å²) in [5, 5.41) is 5.70. The molecule has 0 spiro atoms. The zero-order chi connectivity index (χ0) is 23.8. The smallest absolute Gasteiger partial charge is 0.228 e. The van der Waals surface area contributed by atoms with Crippen LogP contribution in [0, 0.1) is 5.82 Å². The van der Waals surface area contributed by atoms with Gasteiger partial charge in [0, 0.05) is 37.1 Å². The number of fused-ring (bicyclic) bond motifs is 3. The van der Waals surface area contributed by atoms with Crippen LogP contribution in [0.25, 0.3) is 27.5 Å². The lowest BCUT2D eigenvalue weighted by Crippen LogP contribution is -2.23. The van der Waals surface area contributed by atoms with Gasteiger partial charge in [0.1, 0.15) is 16.5 Å². The third-order valence-corrected chi connectivity index (χ3v) is 7.23. The van der Waals surface area contributed by atoms with E-state index >= 15 is 0 Å². The average molecular weight is 476 g/mol. The molecule has 0 fully saturated rings. The second-order valence-electron chi connectivity index (χ2n) is 8.63. The van der Waals surface area contributed by atoms with Crippen molar-refractivity contribution in [3.63, 3.8) is 0 Å². The number of para-hydroxylation sites is 1. The number of hydrogen-bond acceptors (Lipinski definition) is 5. The first kappa shape index (κ1) is 22.4. The Balaban J connectivity index is 1.71. The maximum atomic E-state index is 15.0. The summed E-state index contributed by atoms with van der Waals surface area (Å²) in [6, 6.07) is 10.7. The lowest BCUT2D eigenvalue weighted by Gasteiger charge is -2.09. The molecule has 0 unspecified atom stereocenters. The Kier molecular flexibility index (Phi) is 6.00. The molecular formula is C26H26FN5OS. The van der Waals surface area contributed by atoms with Crippen molar-refractivity contribution in [2.45, 2.75) is 39.0 Å². The Bertz CT molecular complexity index is 1360. The number of rotatable bonds is 5. The molecule has 8 heteroatoms. The maximum absolute atomic E-state index is 15.0. The van der Waals surface area contributed by atoms with E-state index in [1.165, 1.54) is 17.4 Å². The molecule has 1 aliphatic carbocycles. The highest BCUT2D eigenvalue weighted by atomic mass is 32.1. The minimum absolute atomic E-state index is 0.00882. The summed E-state index contributed by atoms with van der Waals surface area (Å²) in [4.78, 5) is 24.3. The van der Waals surface area contributed by atoms with E-state index < -0.39 is 0 Å². The van der Waals surface area contributed by atoms with Gasteiger partial charge in [0.15, 0.2) is 0 Å². The number of thiazole rings is 1. The predicted molar refractivity (Wildman–Crippen MR) is 132 cm³/mol. The number of nitrogens with zero attached hydrogens (tertiary/aromatic N) is 5. The van der Waals surface area contributed by atoms with E-state index in [9.17, 15) is 9.18 Å². The molecule has 1 amide bonds. The summed E-state index contributed by atoms with van der Waals surface area (Å²) in [5.74, 6) is -0.327. The summed E-state index contributed by atoms with van der Waals surface area (Å²) < 4.78 is 16.7. The summed E-state index contributed by atoms with van der Waals surface area (Å²) in [6.07, 6.45) is 5.49. The van der Waals surface area contributed by atoms with E-state index in [-0.39, 0.29) is 18.1 Å². The highest BCUT2D eigenvalue weighted by molar-refractivity contribution is 7.15. The van der Waals surface area contributed by atoms with Crippen molar-refractivity contribution < 1.29 is 9.18 Å². The van der Waals surface area contributed by atoms with Gasteiger partial charge < -0.3 is 4.90 Å². The Hall–Kier alpha value is -3.39. The number of halogens is 1. The van der Waals surface area contributed by atoms with Crippen molar-refractivity contribution in [3.05, 3.63) is 70.4 Å². The molecule has 3 heterocycles. The highest BCUT2D eigenvalue weighted by Gasteiger charge is 2.29. The third kappa shape index (κ3) is 4.03. The van der Waals surface area contributed by atoms with Crippen molar-refractivity contribution in [2.75, 3.05) is 14.1 Å². The fourth-order valence-corrected chi connectivity index (χ4v) is 5.43. The largest absolute Gasteiger partial charge is 0.348 e. The number of amides is 1. The van der Waals surface area contributed by atoms with Gasteiger partial charge in [-0.05, 0) is 49.9 Å². The molecule has 1 aromatic carbocycles. The molecule has 5 rings (SSSR count). The summed E-state index contributed by atoms with van der Waals surface area (Å²) in [7, 11) is 3.49. The zero-order valence-corrected chi connectivity index (χ0v) is 20.3. The number of aromatic nitrogens is 4. The molecule has 0 saturated carbocycles. The monoisotopic (exact) mass is 475 g/mol. The van der Waals surface area contributed by atoms with Crippen LogP contribution >= 0.6 is 11.3 Å². The second kappa shape index (κ2) is 9.10. The molecule has 6 nitrogen and oxygen atoms in total. The van der Waals surface area contributed by atoms with Crippen molar-refractivity contribution in [1.29, 1.82) is 0 Å². The van der Waals surface area contributed by atoms with Crippen molar-refractivity contribution in [3.8, 4) is 27.5 Å². The lowest BCUT2D eigenvalue weighted by molar-refractivity contribution is -0.127. The molecule has 0 bridgehead atoms. The molecule has 0 N–H and O–H groups in total. The van der Waals surface area contributed by atoms with Crippen LogP contribution in [0.1, 0.15) is 35.3 Å². The number of carbonyl (C=O) groups excluding carboxylic acids is 1. The quantitative estimate of drug-likeness (QED) is 0.413. The number of benzene rings is 1. The van der Waals surface area contributed by atoms with Crippen molar-refractivity contribution in [1.82, 2.24) is 24.6 Å². The van der Waals surface area contributed by atoms with Gasteiger partial charge in [-0.1, -0.05) is 19.1 Å². The molecule has 34 heavy (non-hydrogen) atoms. The van der Waals surface area contributed by atoms with Crippen molar-refractivity contribution in [2.24, 2.45) is 0 Å². The fourth-order valence-electron chi connectivity index (χ4n) is 4.27. The van der Waals surface area contributed by atoms with Crippen LogP contribution in [0.3, 0.4) is 0 Å². The van der Waals surface area contributed by atoms with Crippen LogP contribution in [-0.4, -0.2) is 44.7 Å². The van der Waals surface area contributed by atoms with Gasteiger partial charge in [-0.25, -0.2) is 14.1 Å². The molecule has 174 valence electrons. The van der Waals surface area contributed by atoms with Gasteiger partial charge in [0.05, 0.1) is 28.4 Å². The first-order chi connectivity index (χ1) is 16.5. The van der Waals surface area contributed by atoms with Crippen LogP contribution in [-0.2, 0) is 30.5 Å². The van der Waals surface area contributed by atoms with E-state index in [1.54, 1.807) is 35.8 Å². The summed E-state index contributed by atoms with van der Waals surface area (Å²) in [5.41, 5.74) is 6.04. The molecular weight excluding hydrogens is 449 g/mol. The number of aryl methyl sites for hydroxylation is 2. The van der Waals surface area contributed by atoms with E-state index in [2.05, 4.69) is 11.9 Å². The van der Waals surface area contributed by atoms with E-state index in [4.69, 9.17) is 10.1 Å². The van der Waals surface area contributed by atoms with Crippen LogP contribution in [0.5, 0.6) is 0 Å². The molecule has 0 aliphatic heterocycles. The molecule has 4 aromatic rings. The molecule has 0 atom stereocenters. The highest BCUT2D eigenvalue weighted by Crippen LogP contribution is 2.42. The maximum Gasteiger partial charge on any atom is 0.228 e. The number of likely N-dealkylation sites (N-methyl/N-ethyl adjacent to an activating group) is 1. The van der Waals surface area contributed by atoms with Gasteiger partial charge >= 0.3 is 0 Å². The molecule has 0 radical (unpaired) electrons. The minimum atomic E-state index is -0.336. The SMILES string of the molecule is CCc1ccc(-c2nn(-c3ccccc3F)c3c2CCCc2nc(CC(=O)N(C)C)sc2-3)cn1. The normalized spacial score (nSPS) is 12.7. The van der Waals surface area contributed by atoms with Gasteiger partial charge in [0.25, 0.3) is 0 Å². The van der Waals surface area contributed by atoms with Gasteiger partial charge in [-0.15, -0.1) is 11.3 Å². The standard InChI is InChI=1S/C26H26FN5OS/c1-4-17-13-12-16(15-28-17)24-18-8-7-10-20-26(34-22(29-20)14-23(33)31(2)3)25(18)32(30-24)21-11-6-5-9-19(21)27/h5-6,9,11-13,15H,4,7-8,10,14H2,1-3H3. The molecule has 1 aliphatic rings. The molecule has 3 aromatic heterocycles. The van der Waals surface area contributed by atoms with Crippen molar-refractivity contribution >= 4 is 17.2 Å². The Morgan fingerprint density at radius 3 is 2.71 bits per heavy atom. The lowest BCUT2D eigenvalue weighted by atomic mass is 10.0. The predicted octanol–water partition coefficient (Wildman–Crippen LogP) is 4.88. The van der Waals surface area contributed by atoms with Crippen LogP contribution in [0.15, 0.2) is 42.6 Å². The Labute approximate surface area is 202 Å². The zero-order valence-electron chi connectivity index (χ0n) is 19.5. The van der Waals surface area contributed by atoms with E-state index in [0.717, 1.165) is 69.5 Å². The van der Waals surface area contributed by atoms with Gasteiger partial charge in [-0.2, -0.15) is 5.10 Å². The van der Waals surface area contributed by atoms with Gasteiger partial charge in [-0.3, -0.25) is 9.78 Å². The topological polar surface area (TPSA) is 63.9 Å². The third-order valence-electron chi connectivity index (χ3n) is 6.12. The average Bonchev–Trinajstić information content (AvgIpc) is 3.35. The van der Waals surface area contributed by atoms with E-state index in [0.29, 0.717) is 5.69 Å². The Morgan fingerprint density at radius 1 is 1.18 bits per heavy atom. The second-order valence-corrected chi connectivity index (χ2v) is 9.72.